The minimum Gasteiger partial charge on any atom is -0.497 e. The molecule has 0 unspecified atom stereocenters. The molecule has 0 bridgehead atoms. The van der Waals surface area contributed by atoms with Gasteiger partial charge in [-0.3, -0.25) is 4.79 Å². The second-order valence-electron chi connectivity index (χ2n) is 7.23. The molecule has 3 rings (SSSR count). The molecule has 1 amide bonds. The number of amides is 1. The summed E-state index contributed by atoms with van der Waals surface area (Å²) in [5.41, 5.74) is 1.73. The number of benzene rings is 2. The highest BCUT2D eigenvalue weighted by Crippen LogP contribution is 2.36. The molecular weight excluding hydrogens is 370 g/mol. The Hall–Kier alpha value is -2.86. The predicted molar refractivity (Wildman–Crippen MR) is 109 cm³/mol. The normalized spacial score (nSPS) is 16.5. The van der Waals surface area contributed by atoms with E-state index in [1.54, 1.807) is 19.2 Å². The lowest BCUT2D eigenvalue weighted by atomic mass is 9.73. The van der Waals surface area contributed by atoms with Crippen molar-refractivity contribution in [2.75, 3.05) is 27.4 Å². The fourth-order valence-corrected chi connectivity index (χ4v) is 3.72. The van der Waals surface area contributed by atoms with E-state index in [9.17, 15) is 9.59 Å². The highest BCUT2D eigenvalue weighted by Gasteiger charge is 2.42. The number of rotatable bonds is 6. The molecule has 1 saturated heterocycles. The number of carbonyl (C=O) groups excluding carboxylic acids is 2. The summed E-state index contributed by atoms with van der Waals surface area (Å²) in [5.74, 6) is 0.361. The van der Waals surface area contributed by atoms with E-state index in [1.165, 1.54) is 7.11 Å². The molecule has 1 fully saturated rings. The Labute approximate surface area is 171 Å². The summed E-state index contributed by atoms with van der Waals surface area (Å²) in [6.45, 7) is 3.02. The van der Waals surface area contributed by atoms with E-state index in [2.05, 4.69) is 5.32 Å². The van der Waals surface area contributed by atoms with Crippen LogP contribution in [0.15, 0.2) is 48.5 Å². The van der Waals surface area contributed by atoms with Crippen LogP contribution in [-0.4, -0.2) is 39.3 Å². The second kappa shape index (κ2) is 9.09. The summed E-state index contributed by atoms with van der Waals surface area (Å²) in [5, 5.41) is 3.15. The van der Waals surface area contributed by atoms with Gasteiger partial charge in [-0.2, -0.15) is 0 Å². The van der Waals surface area contributed by atoms with Crippen LogP contribution in [0.1, 0.15) is 47.3 Å². The van der Waals surface area contributed by atoms with E-state index in [-0.39, 0.29) is 17.9 Å². The molecule has 1 aliphatic heterocycles. The monoisotopic (exact) mass is 397 g/mol. The largest absolute Gasteiger partial charge is 0.497 e. The predicted octanol–water partition coefficient (Wildman–Crippen LogP) is 3.41. The van der Waals surface area contributed by atoms with Gasteiger partial charge in [0.2, 0.25) is 5.91 Å². The smallest absolute Gasteiger partial charge is 0.337 e. The summed E-state index contributed by atoms with van der Waals surface area (Å²) in [6, 6.07) is 14.6. The lowest BCUT2D eigenvalue weighted by Crippen LogP contribution is -2.48. The topological polar surface area (TPSA) is 73.9 Å². The molecule has 2 aromatic rings. The van der Waals surface area contributed by atoms with E-state index in [0.29, 0.717) is 31.6 Å². The van der Waals surface area contributed by atoms with Crippen molar-refractivity contribution >= 4 is 11.9 Å². The Bertz CT molecular complexity index is 839. The maximum atomic E-state index is 13.4. The van der Waals surface area contributed by atoms with Gasteiger partial charge in [0, 0.05) is 13.2 Å². The van der Waals surface area contributed by atoms with Crippen LogP contribution in [0.25, 0.3) is 0 Å². The number of hydrogen-bond donors (Lipinski definition) is 1. The van der Waals surface area contributed by atoms with E-state index in [0.717, 1.165) is 16.9 Å². The minimum absolute atomic E-state index is 0.0180. The van der Waals surface area contributed by atoms with E-state index >= 15 is 0 Å². The Morgan fingerprint density at radius 3 is 2.17 bits per heavy atom. The SMILES string of the molecule is COC(=O)c1ccc([C@H](C)NC(=O)C2(c3ccc(OC)cc3)CCOCC2)cc1. The summed E-state index contributed by atoms with van der Waals surface area (Å²) >= 11 is 0. The molecule has 29 heavy (non-hydrogen) atoms. The molecule has 0 spiro atoms. The van der Waals surface area contributed by atoms with Crippen molar-refractivity contribution in [3.63, 3.8) is 0 Å². The maximum Gasteiger partial charge on any atom is 0.337 e. The second-order valence-corrected chi connectivity index (χ2v) is 7.23. The van der Waals surface area contributed by atoms with Gasteiger partial charge in [-0.05, 0) is 55.2 Å². The highest BCUT2D eigenvalue weighted by molar-refractivity contribution is 5.90. The highest BCUT2D eigenvalue weighted by atomic mass is 16.5. The van der Waals surface area contributed by atoms with Crippen molar-refractivity contribution < 1.29 is 23.8 Å². The van der Waals surface area contributed by atoms with Gasteiger partial charge in [-0.25, -0.2) is 4.79 Å². The molecule has 0 aliphatic carbocycles. The third kappa shape index (κ3) is 4.43. The first kappa shape index (κ1) is 20.9. The Morgan fingerprint density at radius 1 is 1.00 bits per heavy atom. The Kier molecular flexibility index (Phi) is 6.54. The zero-order chi connectivity index (χ0) is 20.9. The van der Waals surface area contributed by atoms with Gasteiger partial charge in [-0.15, -0.1) is 0 Å². The molecule has 154 valence electrons. The molecule has 6 heteroatoms. The molecule has 0 radical (unpaired) electrons. The summed E-state index contributed by atoms with van der Waals surface area (Å²) in [7, 11) is 2.98. The van der Waals surface area contributed by atoms with Crippen LogP contribution in [0, 0.1) is 0 Å². The third-order valence-electron chi connectivity index (χ3n) is 5.60. The lowest BCUT2D eigenvalue weighted by Gasteiger charge is -2.37. The average Bonchev–Trinajstić information content (AvgIpc) is 2.79. The number of nitrogens with one attached hydrogen (secondary N) is 1. The van der Waals surface area contributed by atoms with Crippen molar-refractivity contribution in [2.24, 2.45) is 0 Å². The fraction of sp³-hybridized carbons (Fsp3) is 0.391. The fourth-order valence-electron chi connectivity index (χ4n) is 3.72. The van der Waals surface area contributed by atoms with Crippen LogP contribution >= 0.6 is 0 Å². The molecule has 1 heterocycles. The number of methoxy groups -OCH3 is 2. The summed E-state index contributed by atoms with van der Waals surface area (Å²) in [4.78, 5) is 25.0. The van der Waals surface area contributed by atoms with Crippen molar-refractivity contribution in [3.8, 4) is 5.75 Å². The van der Waals surface area contributed by atoms with Gasteiger partial charge in [0.25, 0.3) is 0 Å². The van der Waals surface area contributed by atoms with Gasteiger partial charge in [0.1, 0.15) is 5.75 Å². The van der Waals surface area contributed by atoms with E-state index in [1.807, 2.05) is 43.3 Å². The molecule has 6 nitrogen and oxygen atoms in total. The molecule has 1 N–H and O–H groups in total. The number of carbonyl (C=O) groups is 2. The standard InChI is InChI=1S/C23H27NO5/c1-16(17-4-6-18(7-5-17)21(25)28-3)24-22(26)23(12-14-29-15-13-23)19-8-10-20(27-2)11-9-19/h4-11,16H,12-15H2,1-3H3,(H,24,26)/t16-/m0/s1. The van der Waals surface area contributed by atoms with Crippen LogP contribution in [0.4, 0.5) is 0 Å². The van der Waals surface area contributed by atoms with Gasteiger partial charge in [0.15, 0.2) is 0 Å². The first-order valence-electron chi connectivity index (χ1n) is 9.71. The molecule has 2 aromatic carbocycles. The minimum atomic E-state index is -0.634. The molecule has 1 atom stereocenters. The lowest BCUT2D eigenvalue weighted by molar-refractivity contribution is -0.131. The van der Waals surface area contributed by atoms with Crippen LogP contribution in [0.5, 0.6) is 5.75 Å². The summed E-state index contributed by atoms with van der Waals surface area (Å²) in [6.07, 6.45) is 1.25. The quantitative estimate of drug-likeness (QED) is 0.756. The third-order valence-corrected chi connectivity index (χ3v) is 5.60. The number of ether oxygens (including phenoxy) is 3. The van der Waals surface area contributed by atoms with Crippen LogP contribution in [0.3, 0.4) is 0 Å². The van der Waals surface area contributed by atoms with Crippen LogP contribution < -0.4 is 10.1 Å². The van der Waals surface area contributed by atoms with Crippen LogP contribution in [0.2, 0.25) is 0 Å². The Morgan fingerprint density at radius 2 is 1.62 bits per heavy atom. The first-order valence-corrected chi connectivity index (χ1v) is 9.71. The van der Waals surface area contributed by atoms with Crippen molar-refractivity contribution in [1.29, 1.82) is 0 Å². The molecular formula is C23H27NO5. The molecule has 0 saturated carbocycles. The van der Waals surface area contributed by atoms with Gasteiger partial charge in [0.05, 0.1) is 31.2 Å². The van der Waals surface area contributed by atoms with Crippen molar-refractivity contribution in [2.45, 2.75) is 31.2 Å². The maximum absolute atomic E-state index is 13.4. The average molecular weight is 397 g/mol. The number of esters is 1. The molecule has 1 aliphatic rings. The summed E-state index contributed by atoms with van der Waals surface area (Å²) < 4.78 is 15.5. The van der Waals surface area contributed by atoms with Gasteiger partial charge in [-0.1, -0.05) is 24.3 Å². The zero-order valence-electron chi connectivity index (χ0n) is 17.1. The van der Waals surface area contributed by atoms with Crippen molar-refractivity contribution in [1.82, 2.24) is 5.32 Å². The zero-order valence-corrected chi connectivity index (χ0v) is 17.1. The van der Waals surface area contributed by atoms with Gasteiger partial charge >= 0.3 is 5.97 Å². The van der Waals surface area contributed by atoms with E-state index in [4.69, 9.17) is 14.2 Å². The van der Waals surface area contributed by atoms with E-state index < -0.39 is 5.41 Å². The first-order chi connectivity index (χ1) is 14.0. The molecule has 0 aromatic heterocycles. The van der Waals surface area contributed by atoms with Crippen molar-refractivity contribution in [3.05, 3.63) is 65.2 Å². The Balaban J connectivity index is 1.80. The van der Waals surface area contributed by atoms with Gasteiger partial charge < -0.3 is 19.5 Å². The number of hydrogen-bond acceptors (Lipinski definition) is 5. The van der Waals surface area contributed by atoms with Crippen LogP contribution in [-0.2, 0) is 19.7 Å².